The van der Waals surface area contributed by atoms with Crippen LogP contribution in [0.4, 0.5) is 17.2 Å². The highest BCUT2D eigenvalue weighted by Crippen LogP contribution is 2.33. The van der Waals surface area contributed by atoms with Gasteiger partial charge in [0.25, 0.3) is 0 Å². The molecule has 0 radical (unpaired) electrons. The van der Waals surface area contributed by atoms with Gasteiger partial charge in [0.05, 0.1) is 24.9 Å². The first kappa shape index (κ1) is 26.9. The Morgan fingerprint density at radius 1 is 1.05 bits per heavy atom. The van der Waals surface area contributed by atoms with Gasteiger partial charge >= 0.3 is 0 Å². The highest BCUT2D eigenvalue weighted by atomic mass is 16.5. The van der Waals surface area contributed by atoms with Crippen LogP contribution in [0, 0.1) is 6.92 Å². The summed E-state index contributed by atoms with van der Waals surface area (Å²) in [6.07, 6.45) is 10.3. The number of benzene rings is 1. The van der Waals surface area contributed by atoms with Crippen LogP contribution in [0.2, 0.25) is 0 Å². The third-order valence-electron chi connectivity index (χ3n) is 7.66. The van der Waals surface area contributed by atoms with Crippen molar-refractivity contribution in [2.24, 2.45) is 0 Å². The third kappa shape index (κ3) is 5.85. The topological polar surface area (TPSA) is 126 Å². The third-order valence-corrected chi connectivity index (χ3v) is 7.66. The maximum absolute atomic E-state index is 12.4. The van der Waals surface area contributed by atoms with Gasteiger partial charge in [-0.25, -0.2) is 19.0 Å². The number of fused-ring (bicyclic) bond motifs is 2. The van der Waals surface area contributed by atoms with Gasteiger partial charge in [-0.05, 0) is 42.8 Å². The normalized spacial score (nSPS) is 16.2. The molecule has 0 atom stereocenters. The fraction of sp³-hybridized carbons (Fsp3) is 0.300. The predicted molar refractivity (Wildman–Crippen MR) is 161 cm³/mol. The van der Waals surface area contributed by atoms with Crippen molar-refractivity contribution in [3.8, 4) is 11.5 Å². The second-order valence-corrected chi connectivity index (χ2v) is 10.7. The molecule has 43 heavy (non-hydrogen) atoms. The Hall–Kier alpha value is -5.01. The number of morpholine rings is 1. The minimum Gasteiger partial charge on any atom is -0.457 e. The maximum Gasteiger partial charge on any atom is 0.244 e. The first-order valence-electron chi connectivity index (χ1n) is 14.3. The minimum absolute atomic E-state index is 0.0628. The monoisotopic (exact) mass is 580 g/mol. The van der Waals surface area contributed by atoms with E-state index in [1.165, 1.54) is 12.7 Å². The Morgan fingerprint density at radius 2 is 1.86 bits per heavy atom. The summed E-state index contributed by atoms with van der Waals surface area (Å²) in [6, 6.07) is 11.7. The number of carbonyl (C=O) groups excluding carboxylic acids is 1. The van der Waals surface area contributed by atoms with Gasteiger partial charge in [-0.1, -0.05) is 6.08 Å². The minimum atomic E-state index is -0.0628. The molecule has 0 unspecified atom stereocenters. The van der Waals surface area contributed by atoms with E-state index in [4.69, 9.17) is 9.47 Å². The van der Waals surface area contributed by atoms with Crippen LogP contribution in [0.15, 0.2) is 73.6 Å². The quantitative estimate of drug-likeness (QED) is 0.251. The lowest BCUT2D eigenvalue weighted by atomic mass is 10.1. The van der Waals surface area contributed by atoms with Gasteiger partial charge in [0.1, 0.15) is 29.7 Å². The molecule has 13 heteroatoms. The maximum atomic E-state index is 12.4. The van der Waals surface area contributed by atoms with E-state index < -0.39 is 0 Å². The molecule has 5 aromatic rings. The van der Waals surface area contributed by atoms with E-state index in [1.807, 2.05) is 66.3 Å². The largest absolute Gasteiger partial charge is 0.457 e. The number of aromatic nitrogens is 6. The highest BCUT2D eigenvalue weighted by Gasteiger charge is 2.30. The highest BCUT2D eigenvalue weighted by molar-refractivity contribution is 5.89. The zero-order valence-electron chi connectivity index (χ0n) is 23.8. The van der Waals surface area contributed by atoms with E-state index in [9.17, 15) is 4.79 Å². The molecule has 2 saturated heterocycles. The molecule has 2 N–H and O–H groups in total. The molecule has 0 aliphatic carbocycles. The summed E-state index contributed by atoms with van der Waals surface area (Å²) in [4.78, 5) is 25.7. The second-order valence-electron chi connectivity index (χ2n) is 10.7. The summed E-state index contributed by atoms with van der Waals surface area (Å²) < 4.78 is 15.0. The van der Waals surface area contributed by atoms with Crippen LogP contribution in [0.5, 0.6) is 11.5 Å². The summed E-state index contributed by atoms with van der Waals surface area (Å²) in [6.45, 7) is 7.48. The van der Waals surface area contributed by atoms with Crippen molar-refractivity contribution in [1.29, 1.82) is 0 Å². The molecule has 1 amide bonds. The first-order valence-corrected chi connectivity index (χ1v) is 14.3. The standard InChI is InChI=1S/C30H32N10O3/c1-21-15-22(4-5-26(21)43-24-6-9-39-27(16-24)31-19-33-39)36-30-29-25(7-10-40(29)34-20-32-30)38-17-23(18-38)35-28(41)3-2-8-37-11-13-42-14-12-37/h2-7,9-10,15-16,19-20,23H,8,11-14,17-18H2,1H3,(H,35,41)(H,32,34,36)/b3-2+. The van der Waals surface area contributed by atoms with E-state index in [2.05, 4.69) is 40.6 Å². The molecule has 2 aliphatic rings. The average molecular weight is 581 g/mol. The van der Waals surface area contributed by atoms with Gasteiger partial charge in [0, 0.05) is 62.9 Å². The summed E-state index contributed by atoms with van der Waals surface area (Å²) in [7, 11) is 0. The van der Waals surface area contributed by atoms with Crippen LogP contribution >= 0.6 is 0 Å². The van der Waals surface area contributed by atoms with E-state index in [-0.39, 0.29) is 11.9 Å². The number of aryl methyl sites for hydroxylation is 1. The number of hydrogen-bond donors (Lipinski definition) is 2. The molecular formula is C30H32N10O3. The molecule has 0 saturated carbocycles. The van der Waals surface area contributed by atoms with Crippen molar-refractivity contribution in [3.63, 3.8) is 0 Å². The Labute approximate surface area is 247 Å². The molecule has 2 fully saturated rings. The van der Waals surface area contributed by atoms with Gasteiger partial charge in [-0.15, -0.1) is 0 Å². The SMILES string of the molecule is Cc1cc(Nc2ncnn3ccc(N4CC(NC(=O)/C=C/CN5CCOCC5)C4)c23)ccc1Oc1ccn2ncnc2c1. The van der Waals surface area contributed by atoms with Gasteiger partial charge in [-0.3, -0.25) is 9.69 Å². The number of amides is 1. The molecule has 2 aliphatic heterocycles. The van der Waals surface area contributed by atoms with E-state index in [0.717, 1.165) is 66.7 Å². The molecule has 6 heterocycles. The van der Waals surface area contributed by atoms with Gasteiger partial charge in [0.15, 0.2) is 11.5 Å². The van der Waals surface area contributed by atoms with Gasteiger partial charge < -0.3 is 25.0 Å². The number of anilines is 3. The van der Waals surface area contributed by atoms with E-state index >= 15 is 0 Å². The molecule has 7 rings (SSSR count). The fourth-order valence-electron chi connectivity index (χ4n) is 5.36. The molecule has 0 bridgehead atoms. The smallest absolute Gasteiger partial charge is 0.244 e. The van der Waals surface area contributed by atoms with Crippen molar-refractivity contribution in [2.45, 2.75) is 13.0 Å². The van der Waals surface area contributed by atoms with Crippen LogP contribution in [-0.2, 0) is 9.53 Å². The molecular weight excluding hydrogens is 548 g/mol. The number of nitrogens with one attached hydrogen (secondary N) is 2. The average Bonchev–Trinajstić information content (AvgIpc) is 3.64. The lowest BCUT2D eigenvalue weighted by molar-refractivity contribution is -0.117. The number of ether oxygens (including phenoxy) is 2. The van der Waals surface area contributed by atoms with Crippen LogP contribution in [0.1, 0.15) is 5.56 Å². The van der Waals surface area contributed by atoms with Gasteiger partial charge in [-0.2, -0.15) is 10.2 Å². The van der Waals surface area contributed by atoms with Crippen LogP contribution in [0.25, 0.3) is 11.2 Å². The Balaban J connectivity index is 0.989. The molecule has 220 valence electrons. The Kier molecular flexibility index (Phi) is 7.31. The van der Waals surface area contributed by atoms with Crippen molar-refractivity contribution < 1.29 is 14.3 Å². The lowest BCUT2D eigenvalue weighted by Crippen LogP contribution is -2.59. The zero-order valence-corrected chi connectivity index (χ0v) is 23.8. The molecule has 1 aromatic carbocycles. The fourth-order valence-corrected chi connectivity index (χ4v) is 5.36. The Morgan fingerprint density at radius 3 is 2.72 bits per heavy atom. The summed E-state index contributed by atoms with van der Waals surface area (Å²) in [5.74, 6) is 2.06. The number of carbonyl (C=O) groups is 1. The number of rotatable bonds is 9. The van der Waals surface area contributed by atoms with Crippen LogP contribution in [0.3, 0.4) is 0 Å². The van der Waals surface area contributed by atoms with E-state index in [1.54, 1.807) is 10.6 Å². The van der Waals surface area contributed by atoms with Crippen LogP contribution in [-0.4, -0.2) is 92.0 Å². The van der Waals surface area contributed by atoms with Crippen LogP contribution < -0.4 is 20.3 Å². The number of nitrogens with zero attached hydrogens (tertiary/aromatic N) is 8. The van der Waals surface area contributed by atoms with Crippen molar-refractivity contribution in [1.82, 2.24) is 39.4 Å². The second kappa shape index (κ2) is 11.7. The predicted octanol–water partition coefficient (Wildman–Crippen LogP) is 2.81. The molecule has 0 spiro atoms. The van der Waals surface area contributed by atoms with Crippen molar-refractivity contribution in [3.05, 3.63) is 79.2 Å². The molecule has 4 aromatic heterocycles. The number of pyridine rings is 1. The van der Waals surface area contributed by atoms with Gasteiger partial charge in [0.2, 0.25) is 5.91 Å². The van der Waals surface area contributed by atoms with Crippen molar-refractivity contribution in [2.75, 3.05) is 56.2 Å². The summed E-state index contributed by atoms with van der Waals surface area (Å²) in [5.41, 5.74) is 4.45. The molecule has 13 nitrogen and oxygen atoms in total. The summed E-state index contributed by atoms with van der Waals surface area (Å²) >= 11 is 0. The first-order chi connectivity index (χ1) is 21.1. The Bertz CT molecular complexity index is 1790. The van der Waals surface area contributed by atoms with Crippen molar-refractivity contribution >= 4 is 34.3 Å². The lowest BCUT2D eigenvalue weighted by Gasteiger charge is -2.40. The summed E-state index contributed by atoms with van der Waals surface area (Å²) in [5, 5.41) is 15.1. The van der Waals surface area contributed by atoms with E-state index in [0.29, 0.717) is 24.7 Å². The number of hydrogen-bond acceptors (Lipinski definition) is 10. The zero-order chi connectivity index (χ0) is 29.2.